The van der Waals surface area contributed by atoms with Crippen LogP contribution in [0, 0.1) is 0 Å². The third kappa shape index (κ3) is 5.75. The minimum Gasteiger partial charge on any atom is -0.459 e. The molecule has 0 saturated heterocycles. The van der Waals surface area contributed by atoms with E-state index in [9.17, 15) is 19.2 Å². The summed E-state index contributed by atoms with van der Waals surface area (Å²) in [5, 5.41) is 5.41. The Morgan fingerprint density at radius 1 is 1.09 bits per heavy atom. The Balaban J connectivity index is 1.48. The highest BCUT2D eigenvalue weighted by molar-refractivity contribution is 6.05. The van der Waals surface area contributed by atoms with Gasteiger partial charge in [-0.05, 0) is 36.8 Å². The number of benzene rings is 2. The first-order valence-electron chi connectivity index (χ1n) is 11.2. The molecule has 2 aromatic carbocycles. The van der Waals surface area contributed by atoms with Gasteiger partial charge in [-0.15, -0.1) is 0 Å². The number of hydrogen-bond acceptors (Lipinski definition) is 6. The molecule has 3 aromatic rings. The minimum absolute atomic E-state index is 0.0547. The van der Waals surface area contributed by atoms with Gasteiger partial charge in [0, 0.05) is 18.9 Å². The van der Waals surface area contributed by atoms with Gasteiger partial charge in [0.2, 0.25) is 5.91 Å². The van der Waals surface area contributed by atoms with Crippen LogP contribution in [-0.4, -0.2) is 42.4 Å². The van der Waals surface area contributed by atoms with Gasteiger partial charge < -0.3 is 24.7 Å². The Hall–Kier alpha value is -4.40. The quantitative estimate of drug-likeness (QED) is 0.508. The number of carbonyl (C=O) groups excluding carboxylic acids is 4. The van der Waals surface area contributed by atoms with Crippen molar-refractivity contribution in [2.75, 3.05) is 16.8 Å². The summed E-state index contributed by atoms with van der Waals surface area (Å²) in [4.78, 5) is 52.3. The van der Waals surface area contributed by atoms with E-state index in [4.69, 9.17) is 9.15 Å². The van der Waals surface area contributed by atoms with Crippen molar-refractivity contribution in [3.8, 4) is 0 Å². The lowest BCUT2D eigenvalue weighted by Crippen LogP contribution is -2.46. The zero-order valence-electron chi connectivity index (χ0n) is 19.1. The number of rotatable bonds is 7. The summed E-state index contributed by atoms with van der Waals surface area (Å²) >= 11 is 0. The molecule has 0 fully saturated rings. The van der Waals surface area contributed by atoms with Crippen LogP contribution in [-0.2, 0) is 25.5 Å². The lowest BCUT2D eigenvalue weighted by atomic mass is 10.1. The molecule has 0 aliphatic carbocycles. The molecule has 2 heterocycles. The molecular weight excluding hydrogens is 450 g/mol. The van der Waals surface area contributed by atoms with Crippen LogP contribution < -0.4 is 15.5 Å². The fraction of sp³-hybridized carbons (Fsp3) is 0.231. The first-order valence-corrected chi connectivity index (χ1v) is 11.2. The van der Waals surface area contributed by atoms with Crippen LogP contribution in [0.1, 0.15) is 29.5 Å². The number of nitrogens with one attached hydrogen (secondary N) is 2. The topological polar surface area (TPSA) is 118 Å². The van der Waals surface area contributed by atoms with Crippen LogP contribution in [0.4, 0.5) is 11.4 Å². The largest absolute Gasteiger partial charge is 0.459 e. The highest BCUT2D eigenvalue weighted by Gasteiger charge is 2.31. The van der Waals surface area contributed by atoms with Gasteiger partial charge in [0.1, 0.15) is 6.04 Å². The maximum Gasteiger partial charge on any atom is 0.329 e. The molecule has 4 rings (SSSR count). The van der Waals surface area contributed by atoms with Gasteiger partial charge in [0.05, 0.1) is 17.6 Å². The van der Waals surface area contributed by atoms with Crippen molar-refractivity contribution >= 4 is 35.1 Å². The van der Waals surface area contributed by atoms with Crippen molar-refractivity contribution in [1.29, 1.82) is 0 Å². The van der Waals surface area contributed by atoms with E-state index in [2.05, 4.69) is 10.6 Å². The van der Waals surface area contributed by atoms with E-state index in [0.29, 0.717) is 11.4 Å². The third-order valence-corrected chi connectivity index (χ3v) is 5.58. The van der Waals surface area contributed by atoms with Crippen molar-refractivity contribution < 1.29 is 28.3 Å². The van der Waals surface area contributed by atoms with Crippen molar-refractivity contribution in [1.82, 2.24) is 5.32 Å². The molecule has 0 bridgehead atoms. The molecule has 35 heavy (non-hydrogen) atoms. The molecule has 3 amide bonds. The summed E-state index contributed by atoms with van der Waals surface area (Å²) in [6, 6.07) is 17.6. The van der Waals surface area contributed by atoms with E-state index in [1.165, 1.54) is 17.2 Å². The second-order valence-electron chi connectivity index (χ2n) is 8.18. The van der Waals surface area contributed by atoms with Gasteiger partial charge in [-0.2, -0.15) is 0 Å². The van der Waals surface area contributed by atoms with Gasteiger partial charge in [0.15, 0.2) is 12.4 Å². The molecule has 0 radical (unpaired) electrons. The monoisotopic (exact) mass is 475 g/mol. The van der Waals surface area contributed by atoms with Crippen molar-refractivity contribution in [2.24, 2.45) is 0 Å². The van der Waals surface area contributed by atoms with E-state index in [-0.39, 0.29) is 24.5 Å². The number of para-hydroxylation sites is 2. The SMILES string of the molecule is CC1CC(=O)Nc2ccccc2N1C(=O)COC(=O)C(Cc1ccccc1)NC(=O)c1ccco1. The second kappa shape index (κ2) is 10.7. The predicted molar refractivity (Wildman–Crippen MR) is 128 cm³/mol. The van der Waals surface area contributed by atoms with Crippen molar-refractivity contribution in [3.63, 3.8) is 0 Å². The molecule has 0 saturated carbocycles. The number of nitrogens with zero attached hydrogens (tertiary/aromatic N) is 1. The molecular formula is C26H25N3O6. The number of esters is 1. The highest BCUT2D eigenvalue weighted by Crippen LogP contribution is 2.31. The average molecular weight is 476 g/mol. The Kier molecular flexibility index (Phi) is 7.25. The predicted octanol–water partition coefficient (Wildman–Crippen LogP) is 2.93. The van der Waals surface area contributed by atoms with Gasteiger partial charge in [-0.1, -0.05) is 42.5 Å². The van der Waals surface area contributed by atoms with Crippen LogP contribution >= 0.6 is 0 Å². The number of anilines is 2. The maximum absolute atomic E-state index is 13.1. The van der Waals surface area contributed by atoms with Crippen LogP contribution in [0.5, 0.6) is 0 Å². The van der Waals surface area contributed by atoms with Crippen LogP contribution in [0.25, 0.3) is 0 Å². The number of ether oxygens (including phenoxy) is 1. The Bertz CT molecular complexity index is 1210. The normalized spacial score (nSPS) is 15.9. The maximum atomic E-state index is 13.1. The first-order chi connectivity index (χ1) is 16.9. The summed E-state index contributed by atoms with van der Waals surface area (Å²) in [6.07, 6.45) is 1.63. The van der Waals surface area contributed by atoms with Crippen LogP contribution in [0.15, 0.2) is 77.4 Å². The summed E-state index contributed by atoms with van der Waals surface area (Å²) in [5.41, 5.74) is 1.84. The molecule has 180 valence electrons. The minimum atomic E-state index is -1.04. The molecule has 2 atom stereocenters. The molecule has 9 nitrogen and oxygen atoms in total. The molecule has 2 unspecified atom stereocenters. The molecule has 1 aliphatic heterocycles. The number of hydrogen-bond donors (Lipinski definition) is 2. The standard InChI is InChI=1S/C26H25N3O6/c1-17-14-23(30)27-19-10-5-6-11-21(19)29(17)24(31)16-35-26(33)20(15-18-8-3-2-4-9-18)28-25(32)22-12-7-13-34-22/h2-13,17,20H,14-16H2,1H3,(H,27,30)(H,28,32). The van der Waals surface area contributed by atoms with Gasteiger partial charge in [-0.25, -0.2) is 4.79 Å². The summed E-state index contributed by atoms with van der Waals surface area (Å²) in [6.45, 7) is 1.21. The van der Waals surface area contributed by atoms with E-state index < -0.39 is 36.5 Å². The molecule has 0 spiro atoms. The number of furan rings is 1. The van der Waals surface area contributed by atoms with Crippen LogP contribution in [0.2, 0.25) is 0 Å². The van der Waals surface area contributed by atoms with Gasteiger partial charge in [0.25, 0.3) is 11.8 Å². The lowest BCUT2D eigenvalue weighted by Gasteiger charge is -2.28. The highest BCUT2D eigenvalue weighted by atomic mass is 16.5. The number of amides is 3. The Labute approximate surface area is 202 Å². The van der Waals surface area contributed by atoms with Crippen molar-refractivity contribution in [3.05, 3.63) is 84.3 Å². The fourth-order valence-electron chi connectivity index (χ4n) is 3.95. The Morgan fingerprint density at radius 3 is 2.57 bits per heavy atom. The van der Waals surface area contributed by atoms with Crippen LogP contribution in [0.3, 0.4) is 0 Å². The van der Waals surface area contributed by atoms with E-state index in [1.54, 1.807) is 37.3 Å². The van der Waals surface area contributed by atoms with E-state index in [0.717, 1.165) is 5.56 Å². The molecule has 2 N–H and O–H groups in total. The second-order valence-corrected chi connectivity index (χ2v) is 8.18. The van der Waals surface area contributed by atoms with Gasteiger partial charge >= 0.3 is 5.97 Å². The summed E-state index contributed by atoms with van der Waals surface area (Å²) < 4.78 is 10.5. The number of fused-ring (bicyclic) bond motifs is 1. The molecule has 1 aliphatic rings. The zero-order chi connectivity index (χ0) is 24.8. The smallest absolute Gasteiger partial charge is 0.329 e. The third-order valence-electron chi connectivity index (χ3n) is 5.58. The first kappa shape index (κ1) is 23.7. The molecule has 1 aromatic heterocycles. The average Bonchev–Trinajstić information content (AvgIpc) is 3.35. The van der Waals surface area contributed by atoms with Gasteiger partial charge in [-0.3, -0.25) is 14.4 Å². The zero-order valence-corrected chi connectivity index (χ0v) is 19.1. The lowest BCUT2D eigenvalue weighted by molar-refractivity contribution is -0.149. The van der Waals surface area contributed by atoms with Crippen molar-refractivity contribution in [2.45, 2.75) is 31.8 Å². The fourth-order valence-corrected chi connectivity index (χ4v) is 3.95. The van der Waals surface area contributed by atoms with E-state index in [1.807, 2.05) is 30.3 Å². The Morgan fingerprint density at radius 2 is 1.83 bits per heavy atom. The summed E-state index contributed by atoms with van der Waals surface area (Å²) in [5.74, 6) is -1.96. The molecule has 9 heteroatoms. The van der Waals surface area contributed by atoms with E-state index >= 15 is 0 Å². The summed E-state index contributed by atoms with van der Waals surface area (Å²) in [7, 11) is 0. The number of carbonyl (C=O) groups is 4.